The van der Waals surface area contributed by atoms with E-state index in [1.807, 2.05) is 0 Å². The SMILES string of the molecule is CCc1nnc(NCC(C)CN2CCCC2)nc1CC. The van der Waals surface area contributed by atoms with Gasteiger partial charge in [0.25, 0.3) is 0 Å². The number of nitrogens with one attached hydrogen (secondary N) is 1. The van der Waals surface area contributed by atoms with E-state index in [2.05, 4.69) is 46.2 Å². The van der Waals surface area contributed by atoms with Gasteiger partial charge in [-0.1, -0.05) is 20.8 Å². The van der Waals surface area contributed by atoms with Crippen molar-refractivity contribution in [2.24, 2.45) is 5.92 Å². The van der Waals surface area contributed by atoms with Crippen LogP contribution in [0.4, 0.5) is 5.95 Å². The highest BCUT2D eigenvalue weighted by Gasteiger charge is 2.15. The fraction of sp³-hybridized carbons (Fsp3) is 0.800. The molecule has 1 aromatic heterocycles. The molecule has 0 saturated carbocycles. The molecule has 0 aromatic carbocycles. The van der Waals surface area contributed by atoms with Gasteiger partial charge in [-0.3, -0.25) is 0 Å². The van der Waals surface area contributed by atoms with Gasteiger partial charge in [0.2, 0.25) is 5.95 Å². The van der Waals surface area contributed by atoms with Crippen molar-refractivity contribution < 1.29 is 0 Å². The summed E-state index contributed by atoms with van der Waals surface area (Å²) in [6.45, 7) is 11.1. The molecule has 0 radical (unpaired) electrons. The van der Waals surface area contributed by atoms with Gasteiger partial charge in [-0.2, -0.15) is 5.10 Å². The van der Waals surface area contributed by atoms with E-state index in [0.29, 0.717) is 11.9 Å². The zero-order valence-corrected chi connectivity index (χ0v) is 13.0. The third-order valence-corrected chi connectivity index (χ3v) is 3.89. The van der Waals surface area contributed by atoms with Crippen LogP contribution in [0.25, 0.3) is 0 Å². The third kappa shape index (κ3) is 4.13. The van der Waals surface area contributed by atoms with Gasteiger partial charge in [-0.15, -0.1) is 5.10 Å². The first-order valence-corrected chi connectivity index (χ1v) is 7.91. The fourth-order valence-electron chi connectivity index (χ4n) is 2.75. The molecule has 1 aliphatic heterocycles. The van der Waals surface area contributed by atoms with E-state index < -0.39 is 0 Å². The Morgan fingerprint density at radius 3 is 2.45 bits per heavy atom. The summed E-state index contributed by atoms with van der Waals surface area (Å²) in [5.41, 5.74) is 2.08. The monoisotopic (exact) mass is 277 g/mol. The smallest absolute Gasteiger partial charge is 0.242 e. The standard InChI is InChI=1S/C15H27N5/c1-4-13-14(5-2)18-19-15(17-13)16-10-12(3)11-20-8-6-7-9-20/h12H,4-11H2,1-3H3,(H,16,17,19). The molecule has 1 fully saturated rings. The van der Waals surface area contributed by atoms with Crippen LogP contribution in [0.5, 0.6) is 0 Å². The summed E-state index contributed by atoms with van der Waals surface area (Å²) in [4.78, 5) is 7.11. The van der Waals surface area contributed by atoms with E-state index in [-0.39, 0.29) is 0 Å². The molecule has 5 nitrogen and oxygen atoms in total. The third-order valence-electron chi connectivity index (χ3n) is 3.89. The molecule has 2 rings (SSSR count). The van der Waals surface area contributed by atoms with Crippen molar-refractivity contribution in [1.82, 2.24) is 20.1 Å². The fourth-order valence-corrected chi connectivity index (χ4v) is 2.75. The topological polar surface area (TPSA) is 53.9 Å². The van der Waals surface area contributed by atoms with Crippen molar-refractivity contribution in [1.29, 1.82) is 0 Å². The molecular weight excluding hydrogens is 250 g/mol. The summed E-state index contributed by atoms with van der Waals surface area (Å²) >= 11 is 0. The molecule has 0 aliphatic carbocycles. The van der Waals surface area contributed by atoms with E-state index in [1.165, 1.54) is 25.9 Å². The first kappa shape index (κ1) is 15.2. The Hall–Kier alpha value is -1.23. The first-order chi connectivity index (χ1) is 9.72. The van der Waals surface area contributed by atoms with Gasteiger partial charge in [0.1, 0.15) is 0 Å². The van der Waals surface area contributed by atoms with Gasteiger partial charge < -0.3 is 10.2 Å². The summed E-state index contributed by atoms with van der Waals surface area (Å²) < 4.78 is 0. The minimum absolute atomic E-state index is 0.604. The van der Waals surface area contributed by atoms with Gasteiger partial charge in [-0.05, 0) is 44.7 Å². The van der Waals surface area contributed by atoms with Crippen LogP contribution in [0.1, 0.15) is 45.0 Å². The van der Waals surface area contributed by atoms with E-state index in [9.17, 15) is 0 Å². The zero-order chi connectivity index (χ0) is 14.4. The average molecular weight is 277 g/mol. The summed E-state index contributed by atoms with van der Waals surface area (Å²) in [7, 11) is 0. The molecule has 0 bridgehead atoms. The summed E-state index contributed by atoms with van der Waals surface area (Å²) in [5.74, 6) is 1.28. The van der Waals surface area contributed by atoms with Crippen LogP contribution in [0.2, 0.25) is 0 Å². The Labute approximate surface area is 122 Å². The number of nitrogens with zero attached hydrogens (tertiary/aromatic N) is 4. The number of anilines is 1. The second kappa shape index (κ2) is 7.53. The van der Waals surface area contributed by atoms with E-state index in [1.54, 1.807) is 0 Å². The molecule has 1 N–H and O–H groups in total. The maximum absolute atomic E-state index is 4.57. The van der Waals surface area contributed by atoms with Gasteiger partial charge in [0.15, 0.2) is 0 Å². The minimum Gasteiger partial charge on any atom is -0.353 e. The minimum atomic E-state index is 0.604. The van der Waals surface area contributed by atoms with Crippen LogP contribution in [0, 0.1) is 5.92 Å². The van der Waals surface area contributed by atoms with Crippen LogP contribution in [-0.4, -0.2) is 46.3 Å². The highest BCUT2D eigenvalue weighted by Crippen LogP contribution is 2.11. The van der Waals surface area contributed by atoms with Crippen molar-refractivity contribution in [2.45, 2.75) is 46.5 Å². The van der Waals surface area contributed by atoms with Gasteiger partial charge >= 0.3 is 0 Å². The molecule has 1 aromatic rings. The predicted octanol–water partition coefficient (Wildman–Crippen LogP) is 2.14. The highest BCUT2D eigenvalue weighted by molar-refractivity contribution is 5.25. The second-order valence-electron chi connectivity index (χ2n) is 5.73. The Bertz CT molecular complexity index is 415. The Kier molecular flexibility index (Phi) is 5.71. The van der Waals surface area contributed by atoms with Crippen molar-refractivity contribution in [3.8, 4) is 0 Å². The lowest BCUT2D eigenvalue weighted by Crippen LogP contribution is -2.29. The van der Waals surface area contributed by atoms with Crippen LogP contribution in [-0.2, 0) is 12.8 Å². The lowest BCUT2D eigenvalue weighted by atomic mass is 10.1. The number of aryl methyl sites for hydroxylation is 2. The maximum atomic E-state index is 4.57. The molecule has 1 atom stereocenters. The van der Waals surface area contributed by atoms with E-state index in [0.717, 1.165) is 37.3 Å². The lowest BCUT2D eigenvalue weighted by Gasteiger charge is -2.20. The quantitative estimate of drug-likeness (QED) is 0.827. The lowest BCUT2D eigenvalue weighted by molar-refractivity contribution is 0.294. The Morgan fingerprint density at radius 2 is 1.80 bits per heavy atom. The molecule has 0 spiro atoms. The van der Waals surface area contributed by atoms with E-state index >= 15 is 0 Å². The first-order valence-electron chi connectivity index (χ1n) is 7.91. The van der Waals surface area contributed by atoms with Crippen molar-refractivity contribution in [2.75, 3.05) is 31.5 Å². The molecule has 0 amide bonds. The largest absolute Gasteiger partial charge is 0.353 e. The maximum Gasteiger partial charge on any atom is 0.242 e. The number of aromatic nitrogens is 3. The molecule has 5 heteroatoms. The molecule has 1 unspecified atom stereocenters. The second-order valence-corrected chi connectivity index (χ2v) is 5.73. The molecule has 1 saturated heterocycles. The van der Waals surface area contributed by atoms with Crippen LogP contribution < -0.4 is 5.32 Å². The summed E-state index contributed by atoms with van der Waals surface area (Å²) in [6, 6.07) is 0. The van der Waals surface area contributed by atoms with Crippen LogP contribution in [0.3, 0.4) is 0 Å². The molecule has 2 heterocycles. The zero-order valence-electron chi connectivity index (χ0n) is 13.0. The van der Waals surface area contributed by atoms with Gasteiger partial charge in [0, 0.05) is 13.1 Å². The average Bonchev–Trinajstić information content (AvgIpc) is 2.97. The van der Waals surface area contributed by atoms with Crippen LogP contribution in [0.15, 0.2) is 0 Å². The van der Waals surface area contributed by atoms with Gasteiger partial charge in [-0.25, -0.2) is 4.98 Å². The summed E-state index contributed by atoms with van der Waals surface area (Å²) in [5, 5.41) is 11.8. The van der Waals surface area contributed by atoms with E-state index in [4.69, 9.17) is 0 Å². The molecule has 112 valence electrons. The number of hydrogen-bond donors (Lipinski definition) is 1. The highest BCUT2D eigenvalue weighted by atomic mass is 15.2. The summed E-state index contributed by atoms with van der Waals surface area (Å²) in [6.07, 6.45) is 4.52. The van der Waals surface area contributed by atoms with Gasteiger partial charge in [0.05, 0.1) is 11.4 Å². The molecule has 20 heavy (non-hydrogen) atoms. The molecule has 1 aliphatic rings. The van der Waals surface area contributed by atoms with Crippen LogP contribution >= 0.6 is 0 Å². The number of hydrogen-bond acceptors (Lipinski definition) is 5. The molecular formula is C15H27N5. The number of likely N-dealkylation sites (tertiary alicyclic amines) is 1. The Balaban J connectivity index is 1.83. The Morgan fingerprint density at radius 1 is 1.10 bits per heavy atom. The van der Waals surface area contributed by atoms with Crippen molar-refractivity contribution in [3.05, 3.63) is 11.4 Å². The predicted molar refractivity (Wildman–Crippen MR) is 81.9 cm³/mol. The van der Waals surface area contributed by atoms with Crippen molar-refractivity contribution >= 4 is 5.95 Å². The normalized spacial score (nSPS) is 17.4. The number of rotatable bonds is 7. The van der Waals surface area contributed by atoms with Crippen molar-refractivity contribution in [3.63, 3.8) is 0 Å².